The van der Waals surface area contributed by atoms with Crippen LogP contribution in [0.1, 0.15) is 31.4 Å². The van der Waals surface area contributed by atoms with Crippen LogP contribution in [0.25, 0.3) is 0 Å². The first-order valence-corrected chi connectivity index (χ1v) is 5.68. The van der Waals surface area contributed by atoms with Gasteiger partial charge in [0.2, 0.25) is 0 Å². The van der Waals surface area contributed by atoms with E-state index in [1.807, 2.05) is 18.5 Å². The molecule has 0 radical (unpaired) electrons. The van der Waals surface area contributed by atoms with Gasteiger partial charge in [0.05, 0.1) is 6.04 Å². The summed E-state index contributed by atoms with van der Waals surface area (Å²) in [6.07, 6.45) is 6.34. The minimum Gasteiger partial charge on any atom is -0.326 e. The SMILES string of the molecule is CC(N)C(c1cccnc1)N1CCCC1. The molecule has 0 aliphatic carbocycles. The Hall–Kier alpha value is -0.930. The third kappa shape index (κ3) is 2.36. The van der Waals surface area contributed by atoms with Gasteiger partial charge in [-0.05, 0) is 44.5 Å². The average Bonchev–Trinajstić information content (AvgIpc) is 2.72. The van der Waals surface area contributed by atoms with E-state index in [0.29, 0.717) is 6.04 Å². The average molecular weight is 205 g/mol. The first kappa shape index (κ1) is 10.6. The number of hydrogen-bond donors (Lipinski definition) is 1. The zero-order valence-corrected chi connectivity index (χ0v) is 9.26. The maximum atomic E-state index is 6.08. The van der Waals surface area contributed by atoms with Crippen molar-refractivity contribution in [2.24, 2.45) is 5.73 Å². The predicted octanol–water partition coefficient (Wildman–Crippen LogP) is 1.57. The van der Waals surface area contributed by atoms with Gasteiger partial charge in [-0.2, -0.15) is 0 Å². The maximum absolute atomic E-state index is 6.08. The van der Waals surface area contributed by atoms with E-state index in [2.05, 4.69) is 22.9 Å². The first-order chi connectivity index (χ1) is 7.29. The van der Waals surface area contributed by atoms with E-state index in [9.17, 15) is 0 Å². The molecule has 2 N–H and O–H groups in total. The zero-order valence-electron chi connectivity index (χ0n) is 9.26. The number of rotatable bonds is 3. The van der Waals surface area contributed by atoms with Crippen LogP contribution in [0, 0.1) is 0 Å². The highest BCUT2D eigenvalue weighted by molar-refractivity contribution is 5.16. The summed E-state index contributed by atoms with van der Waals surface area (Å²) < 4.78 is 0. The van der Waals surface area contributed by atoms with Crippen LogP contribution >= 0.6 is 0 Å². The van der Waals surface area contributed by atoms with Gasteiger partial charge in [-0.15, -0.1) is 0 Å². The van der Waals surface area contributed by atoms with E-state index < -0.39 is 0 Å². The van der Waals surface area contributed by atoms with Crippen LogP contribution in [-0.2, 0) is 0 Å². The van der Waals surface area contributed by atoms with E-state index in [0.717, 1.165) is 0 Å². The van der Waals surface area contributed by atoms with E-state index in [1.54, 1.807) is 0 Å². The lowest BCUT2D eigenvalue weighted by Crippen LogP contribution is -2.37. The lowest BCUT2D eigenvalue weighted by molar-refractivity contribution is 0.219. The molecule has 0 aromatic carbocycles. The van der Waals surface area contributed by atoms with Gasteiger partial charge >= 0.3 is 0 Å². The van der Waals surface area contributed by atoms with Crippen molar-refractivity contribution in [1.29, 1.82) is 0 Å². The summed E-state index contributed by atoms with van der Waals surface area (Å²) in [5.41, 5.74) is 7.32. The summed E-state index contributed by atoms with van der Waals surface area (Å²) >= 11 is 0. The van der Waals surface area contributed by atoms with Crippen molar-refractivity contribution in [3.63, 3.8) is 0 Å². The number of pyridine rings is 1. The normalized spacial score (nSPS) is 21.5. The summed E-state index contributed by atoms with van der Waals surface area (Å²) in [7, 11) is 0. The van der Waals surface area contributed by atoms with Gasteiger partial charge in [-0.25, -0.2) is 0 Å². The van der Waals surface area contributed by atoms with Crippen molar-refractivity contribution < 1.29 is 0 Å². The number of nitrogens with zero attached hydrogens (tertiary/aromatic N) is 2. The molecule has 1 fully saturated rings. The molecule has 3 nitrogen and oxygen atoms in total. The number of aromatic nitrogens is 1. The Bertz CT molecular complexity index is 291. The molecule has 0 saturated carbocycles. The van der Waals surface area contributed by atoms with Crippen molar-refractivity contribution in [3.05, 3.63) is 30.1 Å². The standard InChI is InChI=1S/C12H19N3/c1-10(13)12(15-7-2-3-8-15)11-5-4-6-14-9-11/h4-6,9-10,12H,2-3,7-8,13H2,1H3. The highest BCUT2D eigenvalue weighted by Gasteiger charge is 2.26. The molecule has 1 aliphatic rings. The molecule has 0 amide bonds. The van der Waals surface area contributed by atoms with Crippen molar-refractivity contribution in [1.82, 2.24) is 9.88 Å². The van der Waals surface area contributed by atoms with Crippen molar-refractivity contribution >= 4 is 0 Å². The van der Waals surface area contributed by atoms with Crippen molar-refractivity contribution in [2.75, 3.05) is 13.1 Å². The monoisotopic (exact) mass is 205 g/mol. The largest absolute Gasteiger partial charge is 0.326 e. The molecular weight excluding hydrogens is 186 g/mol. The molecule has 82 valence electrons. The van der Waals surface area contributed by atoms with Crippen LogP contribution in [0.3, 0.4) is 0 Å². The molecule has 3 heteroatoms. The van der Waals surface area contributed by atoms with Crippen LogP contribution in [0.4, 0.5) is 0 Å². The highest BCUT2D eigenvalue weighted by atomic mass is 15.2. The Morgan fingerprint density at radius 3 is 2.67 bits per heavy atom. The molecule has 1 aromatic rings. The van der Waals surface area contributed by atoms with Gasteiger partial charge in [-0.3, -0.25) is 9.88 Å². The fourth-order valence-electron chi connectivity index (χ4n) is 2.42. The fourth-order valence-corrected chi connectivity index (χ4v) is 2.42. The molecule has 2 atom stereocenters. The maximum Gasteiger partial charge on any atom is 0.0511 e. The van der Waals surface area contributed by atoms with E-state index >= 15 is 0 Å². The lowest BCUT2D eigenvalue weighted by atomic mass is 10.0. The second-order valence-corrected chi connectivity index (χ2v) is 4.33. The smallest absolute Gasteiger partial charge is 0.0511 e. The van der Waals surface area contributed by atoms with E-state index in [1.165, 1.54) is 31.5 Å². The number of hydrogen-bond acceptors (Lipinski definition) is 3. The van der Waals surface area contributed by atoms with Gasteiger partial charge in [0.25, 0.3) is 0 Å². The predicted molar refractivity (Wildman–Crippen MR) is 61.4 cm³/mol. The summed E-state index contributed by atoms with van der Waals surface area (Å²) in [6.45, 7) is 4.41. The van der Waals surface area contributed by atoms with Gasteiger partial charge in [0, 0.05) is 18.4 Å². The summed E-state index contributed by atoms with van der Waals surface area (Å²) in [5, 5.41) is 0. The van der Waals surface area contributed by atoms with Gasteiger partial charge in [0.15, 0.2) is 0 Å². The molecule has 1 aromatic heterocycles. The molecular formula is C12H19N3. The Balaban J connectivity index is 2.19. The van der Waals surface area contributed by atoms with Crippen LogP contribution in [0.5, 0.6) is 0 Å². The Morgan fingerprint density at radius 2 is 2.13 bits per heavy atom. The minimum atomic E-state index is 0.160. The van der Waals surface area contributed by atoms with Crippen LogP contribution in [-0.4, -0.2) is 29.0 Å². The molecule has 0 spiro atoms. The fraction of sp³-hybridized carbons (Fsp3) is 0.583. The Morgan fingerprint density at radius 1 is 1.40 bits per heavy atom. The molecule has 1 aliphatic heterocycles. The van der Waals surface area contributed by atoms with Crippen LogP contribution < -0.4 is 5.73 Å². The Kier molecular flexibility index (Phi) is 3.34. The highest BCUT2D eigenvalue weighted by Crippen LogP contribution is 2.26. The molecule has 15 heavy (non-hydrogen) atoms. The van der Waals surface area contributed by atoms with Crippen molar-refractivity contribution in [3.8, 4) is 0 Å². The van der Waals surface area contributed by atoms with Gasteiger partial charge in [0.1, 0.15) is 0 Å². The lowest BCUT2D eigenvalue weighted by Gasteiger charge is -2.30. The second-order valence-electron chi connectivity index (χ2n) is 4.33. The third-order valence-corrected chi connectivity index (χ3v) is 3.06. The molecule has 1 saturated heterocycles. The molecule has 2 heterocycles. The number of nitrogens with two attached hydrogens (primary N) is 1. The first-order valence-electron chi connectivity index (χ1n) is 5.68. The summed E-state index contributed by atoms with van der Waals surface area (Å²) in [5.74, 6) is 0. The topological polar surface area (TPSA) is 42.1 Å². The van der Waals surface area contributed by atoms with E-state index in [-0.39, 0.29) is 6.04 Å². The Labute approximate surface area is 91.3 Å². The quantitative estimate of drug-likeness (QED) is 0.814. The second kappa shape index (κ2) is 4.73. The molecule has 0 bridgehead atoms. The summed E-state index contributed by atoms with van der Waals surface area (Å²) in [4.78, 5) is 6.65. The minimum absolute atomic E-state index is 0.160. The van der Waals surface area contributed by atoms with Crippen LogP contribution in [0.2, 0.25) is 0 Å². The van der Waals surface area contributed by atoms with Crippen molar-refractivity contribution in [2.45, 2.75) is 31.8 Å². The summed E-state index contributed by atoms with van der Waals surface area (Å²) in [6, 6.07) is 4.61. The third-order valence-electron chi connectivity index (χ3n) is 3.06. The zero-order chi connectivity index (χ0) is 10.7. The van der Waals surface area contributed by atoms with Crippen LogP contribution in [0.15, 0.2) is 24.5 Å². The molecule has 2 unspecified atom stereocenters. The molecule has 2 rings (SSSR count). The van der Waals surface area contributed by atoms with Gasteiger partial charge < -0.3 is 5.73 Å². The number of likely N-dealkylation sites (tertiary alicyclic amines) is 1. The van der Waals surface area contributed by atoms with Gasteiger partial charge in [-0.1, -0.05) is 6.07 Å². The van der Waals surface area contributed by atoms with E-state index in [4.69, 9.17) is 5.73 Å².